The number of furan rings is 1. The number of aromatic nitrogens is 1. The van der Waals surface area contributed by atoms with Crippen LogP contribution in [-0.2, 0) is 17.9 Å². The Kier molecular flexibility index (Phi) is 10.1. The number of rotatable bonds is 8. The zero-order valence-corrected chi connectivity index (χ0v) is 16.4. The van der Waals surface area contributed by atoms with Crippen LogP contribution in [0.1, 0.15) is 23.6 Å². The van der Waals surface area contributed by atoms with Gasteiger partial charge in [-0.15, -0.1) is 24.0 Å². The molecule has 0 aromatic carbocycles. The predicted octanol–water partition coefficient (Wildman–Crippen LogP) is 2.87. The molecule has 0 unspecified atom stereocenters. The highest BCUT2D eigenvalue weighted by Crippen LogP contribution is 2.01. The molecule has 2 aromatic rings. The van der Waals surface area contributed by atoms with Gasteiger partial charge in [-0.05, 0) is 37.6 Å². The normalized spacial score (nSPS) is 11.0. The van der Waals surface area contributed by atoms with Crippen molar-refractivity contribution in [3.63, 3.8) is 0 Å². The summed E-state index contributed by atoms with van der Waals surface area (Å²) in [6, 6.07) is 9.75. The van der Waals surface area contributed by atoms with Crippen molar-refractivity contribution < 1.29 is 9.15 Å². The van der Waals surface area contributed by atoms with Crippen LogP contribution in [0.15, 0.2) is 46.0 Å². The largest absolute Gasteiger partial charge is 0.467 e. The van der Waals surface area contributed by atoms with Crippen molar-refractivity contribution in [3.8, 4) is 0 Å². The van der Waals surface area contributed by atoms with E-state index in [-0.39, 0.29) is 24.0 Å². The summed E-state index contributed by atoms with van der Waals surface area (Å²) < 4.78 is 10.7. The number of aryl methyl sites for hydroxylation is 1. The fourth-order valence-corrected chi connectivity index (χ4v) is 2.04. The molecule has 2 heterocycles. The van der Waals surface area contributed by atoms with E-state index in [2.05, 4.69) is 20.6 Å². The maximum Gasteiger partial charge on any atom is 0.191 e. The van der Waals surface area contributed by atoms with Crippen molar-refractivity contribution in [2.24, 2.45) is 4.99 Å². The molecule has 0 spiro atoms. The van der Waals surface area contributed by atoms with E-state index in [0.29, 0.717) is 19.8 Å². The first-order valence-corrected chi connectivity index (χ1v) is 7.75. The Morgan fingerprint density at radius 3 is 2.83 bits per heavy atom. The molecule has 0 saturated carbocycles. The predicted molar refractivity (Wildman–Crippen MR) is 106 cm³/mol. The van der Waals surface area contributed by atoms with Crippen molar-refractivity contribution in [2.75, 3.05) is 20.2 Å². The molecule has 0 saturated heterocycles. The number of hydrogen-bond donors (Lipinski definition) is 2. The number of guanidine groups is 1. The van der Waals surface area contributed by atoms with E-state index >= 15 is 0 Å². The maximum absolute atomic E-state index is 5.53. The van der Waals surface area contributed by atoms with Crippen LogP contribution in [0.25, 0.3) is 0 Å². The van der Waals surface area contributed by atoms with Gasteiger partial charge in [-0.1, -0.05) is 6.07 Å². The van der Waals surface area contributed by atoms with E-state index < -0.39 is 0 Å². The molecule has 0 aliphatic rings. The first-order chi connectivity index (χ1) is 11.3. The summed E-state index contributed by atoms with van der Waals surface area (Å²) in [6.07, 6.45) is 2.54. The molecule has 2 aromatic heterocycles. The van der Waals surface area contributed by atoms with E-state index in [9.17, 15) is 0 Å². The van der Waals surface area contributed by atoms with Crippen molar-refractivity contribution in [1.29, 1.82) is 0 Å². The Labute approximate surface area is 160 Å². The summed E-state index contributed by atoms with van der Waals surface area (Å²) in [5.41, 5.74) is 2.01. The third-order valence-electron chi connectivity index (χ3n) is 3.19. The molecule has 6 nitrogen and oxygen atoms in total. The summed E-state index contributed by atoms with van der Waals surface area (Å²) in [4.78, 5) is 8.65. The summed E-state index contributed by atoms with van der Waals surface area (Å²) in [7, 11) is 1.76. The molecule has 24 heavy (non-hydrogen) atoms. The van der Waals surface area contributed by atoms with Crippen molar-refractivity contribution >= 4 is 29.9 Å². The third-order valence-corrected chi connectivity index (χ3v) is 3.19. The minimum Gasteiger partial charge on any atom is -0.467 e. The molecule has 0 atom stereocenters. The van der Waals surface area contributed by atoms with Crippen molar-refractivity contribution in [2.45, 2.75) is 26.5 Å². The Morgan fingerprint density at radius 2 is 2.12 bits per heavy atom. The highest BCUT2D eigenvalue weighted by atomic mass is 127. The number of ether oxygens (including phenoxy) is 1. The number of pyridine rings is 1. The smallest absolute Gasteiger partial charge is 0.191 e. The van der Waals surface area contributed by atoms with Crippen LogP contribution in [0.4, 0.5) is 0 Å². The zero-order chi connectivity index (χ0) is 16.3. The molecular formula is C17H25IN4O2. The van der Waals surface area contributed by atoms with Gasteiger partial charge >= 0.3 is 0 Å². The van der Waals surface area contributed by atoms with Crippen LogP contribution in [0, 0.1) is 6.92 Å². The van der Waals surface area contributed by atoms with Crippen molar-refractivity contribution in [1.82, 2.24) is 15.6 Å². The summed E-state index contributed by atoms with van der Waals surface area (Å²) in [6.45, 7) is 4.61. The van der Waals surface area contributed by atoms with Gasteiger partial charge in [0, 0.05) is 25.9 Å². The number of nitrogens with zero attached hydrogens (tertiary/aromatic N) is 2. The molecule has 132 valence electrons. The van der Waals surface area contributed by atoms with Crippen LogP contribution in [-0.4, -0.2) is 31.1 Å². The van der Waals surface area contributed by atoms with E-state index in [1.807, 2.05) is 37.3 Å². The second-order valence-electron chi connectivity index (χ2n) is 5.11. The lowest BCUT2D eigenvalue weighted by atomic mass is 10.3. The van der Waals surface area contributed by atoms with Gasteiger partial charge in [-0.25, -0.2) is 0 Å². The minimum absolute atomic E-state index is 0. The second kappa shape index (κ2) is 11.9. The van der Waals surface area contributed by atoms with Crippen LogP contribution in [0.5, 0.6) is 0 Å². The quantitative estimate of drug-likeness (QED) is 0.284. The maximum atomic E-state index is 5.53. The number of halogens is 1. The average molecular weight is 444 g/mol. The molecular weight excluding hydrogens is 419 g/mol. The number of hydrogen-bond acceptors (Lipinski definition) is 4. The molecule has 0 fully saturated rings. The van der Waals surface area contributed by atoms with Crippen molar-refractivity contribution in [3.05, 3.63) is 53.7 Å². The summed E-state index contributed by atoms with van der Waals surface area (Å²) in [5, 5.41) is 6.50. The summed E-state index contributed by atoms with van der Waals surface area (Å²) >= 11 is 0. The Morgan fingerprint density at radius 1 is 1.25 bits per heavy atom. The highest BCUT2D eigenvalue weighted by molar-refractivity contribution is 14.0. The SMILES string of the molecule is CN=C(NCCCOCc1ccco1)NCc1cccc(C)n1.I. The molecule has 0 amide bonds. The topological polar surface area (TPSA) is 71.7 Å². The zero-order valence-electron chi connectivity index (χ0n) is 14.1. The monoisotopic (exact) mass is 444 g/mol. The highest BCUT2D eigenvalue weighted by Gasteiger charge is 2.00. The fourth-order valence-electron chi connectivity index (χ4n) is 2.04. The van der Waals surface area contributed by atoms with Gasteiger partial charge in [0.15, 0.2) is 5.96 Å². The standard InChI is InChI=1S/C17H24N4O2.HI/c1-14-6-3-7-15(21-14)12-20-17(18-2)19-9-5-10-22-13-16-8-4-11-23-16;/h3-4,6-8,11H,5,9-10,12-13H2,1-2H3,(H2,18,19,20);1H. The minimum atomic E-state index is 0. The molecule has 7 heteroatoms. The lowest BCUT2D eigenvalue weighted by Crippen LogP contribution is -2.37. The van der Waals surface area contributed by atoms with Gasteiger partial charge in [0.2, 0.25) is 0 Å². The van der Waals surface area contributed by atoms with Gasteiger partial charge in [-0.3, -0.25) is 9.98 Å². The second-order valence-corrected chi connectivity index (χ2v) is 5.11. The fraction of sp³-hybridized carbons (Fsp3) is 0.412. The molecule has 2 N–H and O–H groups in total. The van der Waals surface area contributed by atoms with Gasteiger partial charge in [-0.2, -0.15) is 0 Å². The molecule has 0 aliphatic carbocycles. The molecule has 0 bridgehead atoms. The average Bonchev–Trinajstić information content (AvgIpc) is 3.07. The number of nitrogens with one attached hydrogen (secondary N) is 2. The summed E-state index contributed by atoms with van der Waals surface area (Å²) in [5.74, 6) is 1.61. The third kappa shape index (κ3) is 7.78. The van der Waals surface area contributed by atoms with Crippen LogP contribution in [0.2, 0.25) is 0 Å². The first kappa shape index (κ1) is 20.4. The first-order valence-electron chi connectivity index (χ1n) is 7.75. The number of aliphatic imine (C=N–C) groups is 1. The van der Waals surface area contributed by atoms with Gasteiger partial charge in [0.1, 0.15) is 12.4 Å². The van der Waals surface area contributed by atoms with Gasteiger partial charge in [0.05, 0.1) is 18.5 Å². The van der Waals surface area contributed by atoms with E-state index in [1.54, 1.807) is 13.3 Å². The molecule has 0 aliphatic heterocycles. The van der Waals surface area contributed by atoms with E-state index in [0.717, 1.165) is 36.1 Å². The van der Waals surface area contributed by atoms with Gasteiger partial charge in [0.25, 0.3) is 0 Å². The Balaban J connectivity index is 0.00000288. The molecule has 0 radical (unpaired) electrons. The van der Waals surface area contributed by atoms with Crippen LogP contribution < -0.4 is 10.6 Å². The van der Waals surface area contributed by atoms with Crippen LogP contribution in [0.3, 0.4) is 0 Å². The van der Waals surface area contributed by atoms with E-state index in [1.165, 1.54) is 0 Å². The molecule has 2 rings (SSSR count). The van der Waals surface area contributed by atoms with Gasteiger partial charge < -0.3 is 19.8 Å². The lowest BCUT2D eigenvalue weighted by Gasteiger charge is -2.11. The van der Waals surface area contributed by atoms with Crippen LogP contribution >= 0.6 is 24.0 Å². The lowest BCUT2D eigenvalue weighted by molar-refractivity contribution is 0.105. The Bertz CT molecular complexity index is 602. The van der Waals surface area contributed by atoms with E-state index in [4.69, 9.17) is 9.15 Å². The Hall–Kier alpha value is -1.61.